The van der Waals surface area contributed by atoms with Crippen LogP contribution in [0.4, 0.5) is 5.82 Å². The third kappa shape index (κ3) is 3.49. The van der Waals surface area contributed by atoms with Crippen LogP contribution in [-0.2, 0) is 6.54 Å². The molecule has 3 heterocycles. The molecule has 1 aliphatic rings. The number of nitrogens with zero attached hydrogens (tertiary/aromatic N) is 3. The summed E-state index contributed by atoms with van der Waals surface area (Å²) in [5.41, 5.74) is 9.44. The first-order chi connectivity index (χ1) is 13.0. The number of allylic oxidation sites excluding steroid dienone is 1. The van der Waals surface area contributed by atoms with Crippen molar-refractivity contribution in [3.8, 4) is 0 Å². The lowest BCUT2D eigenvalue weighted by Crippen LogP contribution is -2.31. The van der Waals surface area contributed by atoms with Crippen LogP contribution in [0.2, 0.25) is 5.28 Å². The van der Waals surface area contributed by atoms with E-state index in [0.29, 0.717) is 18.8 Å². The summed E-state index contributed by atoms with van der Waals surface area (Å²) in [6.45, 7) is 2.55. The molecule has 3 aromatic heterocycles. The molecular formula is C18H18BrCl2N5O. The molecule has 3 N–H and O–H groups in total. The Hall–Kier alpha value is -1.54. The average Bonchev–Trinajstić information content (AvgIpc) is 3.22. The van der Waals surface area contributed by atoms with Gasteiger partial charge in [0, 0.05) is 17.0 Å². The zero-order valence-corrected chi connectivity index (χ0v) is 17.6. The van der Waals surface area contributed by atoms with Crippen molar-refractivity contribution >= 4 is 50.5 Å². The summed E-state index contributed by atoms with van der Waals surface area (Å²) in [5, 5.41) is 8.65. The lowest BCUT2D eigenvalue weighted by Gasteiger charge is -2.27. The van der Waals surface area contributed by atoms with Crippen LogP contribution in [0.1, 0.15) is 35.6 Å². The SMILES string of the molecule is Cc1c([C@H]2CC=C(Cl)C[C@@H]2N)c(Br)n2nc(Cl)nc(NCc3ccco3)c12. The zero-order valence-electron chi connectivity index (χ0n) is 14.5. The summed E-state index contributed by atoms with van der Waals surface area (Å²) in [5.74, 6) is 1.59. The first-order valence-corrected chi connectivity index (χ1v) is 10.1. The second kappa shape index (κ2) is 7.47. The topological polar surface area (TPSA) is 81.4 Å². The molecule has 0 amide bonds. The Balaban J connectivity index is 1.79. The summed E-state index contributed by atoms with van der Waals surface area (Å²) in [7, 11) is 0. The predicted molar refractivity (Wildman–Crippen MR) is 110 cm³/mol. The highest BCUT2D eigenvalue weighted by Crippen LogP contribution is 2.41. The van der Waals surface area contributed by atoms with Gasteiger partial charge in [-0.3, -0.25) is 0 Å². The predicted octanol–water partition coefficient (Wildman–Crippen LogP) is 4.99. The minimum atomic E-state index is -0.0575. The van der Waals surface area contributed by atoms with Crippen molar-refractivity contribution in [2.45, 2.75) is 38.3 Å². The van der Waals surface area contributed by atoms with Crippen LogP contribution in [0.5, 0.6) is 0 Å². The van der Waals surface area contributed by atoms with Gasteiger partial charge in [-0.05, 0) is 70.6 Å². The van der Waals surface area contributed by atoms with E-state index in [1.54, 1.807) is 10.8 Å². The van der Waals surface area contributed by atoms with Crippen LogP contribution in [-0.4, -0.2) is 20.6 Å². The van der Waals surface area contributed by atoms with E-state index in [2.05, 4.69) is 38.3 Å². The van der Waals surface area contributed by atoms with Gasteiger partial charge in [0.15, 0.2) is 5.82 Å². The maximum Gasteiger partial charge on any atom is 0.243 e. The molecule has 9 heteroatoms. The number of aryl methyl sites for hydroxylation is 1. The number of nitrogens with two attached hydrogens (primary N) is 1. The molecule has 1 aliphatic carbocycles. The highest BCUT2D eigenvalue weighted by atomic mass is 79.9. The van der Waals surface area contributed by atoms with Gasteiger partial charge in [-0.15, -0.1) is 5.10 Å². The molecule has 0 unspecified atom stereocenters. The Morgan fingerprint density at radius 3 is 2.96 bits per heavy atom. The van der Waals surface area contributed by atoms with Gasteiger partial charge in [0.05, 0.1) is 12.8 Å². The molecule has 27 heavy (non-hydrogen) atoms. The number of furan rings is 1. The number of halogens is 3. The van der Waals surface area contributed by atoms with Crippen molar-refractivity contribution in [3.63, 3.8) is 0 Å². The second-order valence-corrected chi connectivity index (χ2v) is 8.19. The summed E-state index contributed by atoms with van der Waals surface area (Å²) < 4.78 is 8.00. The van der Waals surface area contributed by atoms with Gasteiger partial charge in [-0.25, -0.2) is 4.52 Å². The Morgan fingerprint density at radius 2 is 2.26 bits per heavy atom. The van der Waals surface area contributed by atoms with Crippen molar-refractivity contribution in [2.75, 3.05) is 5.32 Å². The van der Waals surface area contributed by atoms with E-state index >= 15 is 0 Å². The van der Waals surface area contributed by atoms with Gasteiger partial charge in [0.2, 0.25) is 5.28 Å². The molecule has 0 aromatic carbocycles. The number of hydrogen-bond acceptors (Lipinski definition) is 5. The highest BCUT2D eigenvalue weighted by molar-refractivity contribution is 9.10. The molecule has 142 valence electrons. The van der Waals surface area contributed by atoms with Crippen molar-refractivity contribution in [3.05, 3.63) is 56.3 Å². The van der Waals surface area contributed by atoms with Crippen LogP contribution >= 0.6 is 39.1 Å². The van der Waals surface area contributed by atoms with Gasteiger partial charge in [0.25, 0.3) is 0 Å². The fourth-order valence-corrected chi connectivity index (χ4v) is 4.90. The molecule has 0 bridgehead atoms. The van der Waals surface area contributed by atoms with Crippen LogP contribution in [0.15, 0.2) is 38.5 Å². The van der Waals surface area contributed by atoms with E-state index in [1.165, 1.54) is 0 Å². The normalized spacial score (nSPS) is 20.1. The van der Waals surface area contributed by atoms with Crippen molar-refractivity contribution in [2.24, 2.45) is 5.73 Å². The number of nitrogens with one attached hydrogen (secondary N) is 1. The highest BCUT2D eigenvalue weighted by Gasteiger charge is 2.30. The molecule has 2 atom stereocenters. The Bertz CT molecular complexity index is 1010. The minimum absolute atomic E-state index is 0.0575. The van der Waals surface area contributed by atoms with E-state index in [1.807, 2.05) is 18.2 Å². The lowest BCUT2D eigenvalue weighted by molar-refractivity contribution is 0.513. The molecule has 6 nitrogen and oxygen atoms in total. The molecule has 4 rings (SSSR count). The third-order valence-electron chi connectivity index (χ3n) is 4.91. The fraction of sp³-hybridized carbons (Fsp3) is 0.333. The van der Waals surface area contributed by atoms with Crippen LogP contribution in [0, 0.1) is 6.92 Å². The largest absolute Gasteiger partial charge is 0.467 e. The Morgan fingerprint density at radius 1 is 1.44 bits per heavy atom. The van der Waals surface area contributed by atoms with E-state index < -0.39 is 0 Å². The Labute approximate surface area is 174 Å². The zero-order chi connectivity index (χ0) is 19.1. The summed E-state index contributed by atoms with van der Waals surface area (Å²) >= 11 is 16.0. The summed E-state index contributed by atoms with van der Waals surface area (Å²) in [6.07, 6.45) is 5.13. The second-order valence-electron chi connectivity index (χ2n) is 6.61. The lowest BCUT2D eigenvalue weighted by atomic mass is 9.83. The maximum absolute atomic E-state index is 6.41. The first kappa shape index (κ1) is 18.8. The molecule has 0 saturated carbocycles. The smallest absolute Gasteiger partial charge is 0.243 e. The van der Waals surface area contributed by atoms with Crippen LogP contribution in [0.3, 0.4) is 0 Å². The molecule has 0 aliphatic heterocycles. The average molecular weight is 471 g/mol. The number of rotatable bonds is 4. The van der Waals surface area contributed by atoms with Gasteiger partial charge in [0.1, 0.15) is 15.9 Å². The van der Waals surface area contributed by atoms with Gasteiger partial charge in [-0.1, -0.05) is 17.7 Å². The van der Waals surface area contributed by atoms with Gasteiger partial charge < -0.3 is 15.5 Å². The quantitative estimate of drug-likeness (QED) is 0.561. The van der Waals surface area contributed by atoms with Gasteiger partial charge >= 0.3 is 0 Å². The van der Waals surface area contributed by atoms with Crippen molar-refractivity contribution < 1.29 is 4.42 Å². The molecule has 0 saturated heterocycles. The van der Waals surface area contributed by atoms with Crippen molar-refractivity contribution in [1.29, 1.82) is 0 Å². The van der Waals surface area contributed by atoms with Crippen LogP contribution in [0.25, 0.3) is 5.52 Å². The summed E-state index contributed by atoms with van der Waals surface area (Å²) in [4.78, 5) is 4.39. The molecular weight excluding hydrogens is 453 g/mol. The number of hydrogen-bond donors (Lipinski definition) is 2. The maximum atomic E-state index is 6.41. The van der Waals surface area contributed by atoms with E-state index in [9.17, 15) is 0 Å². The van der Waals surface area contributed by atoms with E-state index in [4.69, 9.17) is 33.4 Å². The fourth-order valence-electron chi connectivity index (χ4n) is 3.63. The summed E-state index contributed by atoms with van der Waals surface area (Å²) in [6, 6.07) is 3.69. The van der Waals surface area contributed by atoms with Crippen molar-refractivity contribution in [1.82, 2.24) is 14.6 Å². The molecule has 0 radical (unpaired) electrons. The minimum Gasteiger partial charge on any atom is -0.467 e. The van der Waals surface area contributed by atoms with E-state index in [0.717, 1.165) is 38.5 Å². The monoisotopic (exact) mass is 469 g/mol. The first-order valence-electron chi connectivity index (χ1n) is 8.56. The number of aromatic nitrogens is 3. The van der Waals surface area contributed by atoms with E-state index in [-0.39, 0.29) is 17.2 Å². The Kier molecular flexibility index (Phi) is 5.20. The standard InChI is InChI=1S/C18H18BrCl2N5O/c1-9-14(12-5-4-10(20)7-13(12)22)16(19)26-15(9)17(24-18(21)25-26)23-8-11-3-2-6-27-11/h2-4,6,12-13H,5,7-8,22H2,1H3,(H,23,24,25)/t12-,13-/m0/s1. The molecule has 0 spiro atoms. The van der Waals surface area contributed by atoms with Crippen LogP contribution < -0.4 is 11.1 Å². The third-order valence-corrected chi connectivity index (χ3v) is 6.14. The molecule has 3 aromatic rings. The number of fused-ring (bicyclic) bond motifs is 1. The van der Waals surface area contributed by atoms with Gasteiger partial charge in [-0.2, -0.15) is 4.98 Å². The number of anilines is 1. The molecule has 0 fully saturated rings.